The molecular formula is C15H13ClFN3. The number of benzene rings is 2. The molecule has 0 spiro atoms. The molecule has 20 heavy (non-hydrogen) atoms. The van der Waals surface area contributed by atoms with Crippen LogP contribution in [-0.2, 0) is 13.0 Å². The minimum atomic E-state index is -0.458. The predicted molar refractivity (Wildman–Crippen MR) is 79.3 cm³/mol. The third kappa shape index (κ3) is 2.34. The molecule has 0 amide bonds. The number of fused-ring (bicyclic) bond motifs is 1. The highest BCUT2D eigenvalue weighted by Crippen LogP contribution is 2.25. The van der Waals surface area contributed by atoms with Crippen LogP contribution in [0.2, 0.25) is 5.02 Å². The fourth-order valence-corrected chi connectivity index (χ4v) is 2.42. The molecule has 102 valence electrons. The van der Waals surface area contributed by atoms with Gasteiger partial charge in [-0.05, 0) is 18.1 Å². The van der Waals surface area contributed by atoms with E-state index in [1.807, 2.05) is 34.9 Å². The molecule has 2 N–H and O–H groups in total. The van der Waals surface area contributed by atoms with Gasteiger partial charge in [-0.25, -0.2) is 9.37 Å². The second kappa shape index (κ2) is 5.13. The number of hydrogen-bond acceptors (Lipinski definition) is 2. The lowest BCUT2D eigenvalue weighted by Gasteiger charge is -2.07. The highest BCUT2D eigenvalue weighted by atomic mass is 35.5. The number of imidazole rings is 1. The molecule has 1 aromatic heterocycles. The van der Waals surface area contributed by atoms with Crippen LogP contribution in [0.1, 0.15) is 5.56 Å². The summed E-state index contributed by atoms with van der Waals surface area (Å²) in [7, 11) is 0. The minimum Gasteiger partial charge on any atom is -0.369 e. The van der Waals surface area contributed by atoms with Gasteiger partial charge in [-0.15, -0.1) is 0 Å². The number of nitrogens with two attached hydrogens (primary N) is 1. The van der Waals surface area contributed by atoms with Crippen LogP contribution in [0.15, 0.2) is 42.5 Å². The first-order chi connectivity index (χ1) is 9.65. The number of halogens is 2. The summed E-state index contributed by atoms with van der Waals surface area (Å²) in [5.74, 6) is -0.0855. The smallest absolute Gasteiger partial charge is 0.201 e. The fourth-order valence-electron chi connectivity index (χ4n) is 2.26. The monoisotopic (exact) mass is 289 g/mol. The molecule has 3 nitrogen and oxygen atoms in total. The lowest BCUT2D eigenvalue weighted by atomic mass is 10.1. The van der Waals surface area contributed by atoms with E-state index >= 15 is 0 Å². The second-order valence-corrected chi connectivity index (χ2v) is 5.02. The Balaban J connectivity index is 1.95. The van der Waals surface area contributed by atoms with Gasteiger partial charge < -0.3 is 10.3 Å². The first kappa shape index (κ1) is 12.9. The van der Waals surface area contributed by atoms with E-state index in [4.69, 9.17) is 17.3 Å². The molecule has 0 aliphatic rings. The van der Waals surface area contributed by atoms with Crippen molar-refractivity contribution in [1.82, 2.24) is 9.55 Å². The molecule has 0 saturated carbocycles. The van der Waals surface area contributed by atoms with E-state index in [0.29, 0.717) is 23.5 Å². The standard InChI is InChI=1S/C15H13ClFN3/c16-11-8-13-14(9-12(11)17)20(15(18)19-13)7-6-10-4-2-1-3-5-10/h1-5,8-9H,6-7H2,(H2,18,19). The van der Waals surface area contributed by atoms with Gasteiger partial charge in [-0.3, -0.25) is 0 Å². The summed E-state index contributed by atoms with van der Waals surface area (Å²) in [5, 5.41) is 0.0604. The molecule has 0 bridgehead atoms. The largest absolute Gasteiger partial charge is 0.369 e. The molecule has 3 aromatic rings. The summed E-state index contributed by atoms with van der Waals surface area (Å²) in [6.07, 6.45) is 0.806. The molecule has 5 heteroatoms. The van der Waals surface area contributed by atoms with Crippen molar-refractivity contribution < 1.29 is 4.39 Å². The number of aromatic nitrogens is 2. The number of aryl methyl sites for hydroxylation is 2. The van der Waals surface area contributed by atoms with Crippen molar-refractivity contribution in [2.45, 2.75) is 13.0 Å². The van der Waals surface area contributed by atoms with E-state index in [2.05, 4.69) is 4.98 Å². The Hall–Kier alpha value is -2.07. The van der Waals surface area contributed by atoms with Crippen molar-refractivity contribution >= 4 is 28.6 Å². The van der Waals surface area contributed by atoms with Crippen LogP contribution >= 0.6 is 11.6 Å². The van der Waals surface area contributed by atoms with Crippen molar-refractivity contribution in [2.24, 2.45) is 0 Å². The zero-order valence-electron chi connectivity index (χ0n) is 10.7. The minimum absolute atomic E-state index is 0.0604. The molecule has 2 aromatic carbocycles. The van der Waals surface area contributed by atoms with Crippen LogP contribution < -0.4 is 5.73 Å². The summed E-state index contributed by atoms with van der Waals surface area (Å²) in [6, 6.07) is 12.9. The predicted octanol–water partition coefficient (Wildman–Crippen LogP) is 3.65. The number of nitrogens with zero attached hydrogens (tertiary/aromatic N) is 2. The van der Waals surface area contributed by atoms with E-state index in [1.165, 1.54) is 17.7 Å². The van der Waals surface area contributed by atoms with Gasteiger partial charge in [-0.1, -0.05) is 41.9 Å². The lowest BCUT2D eigenvalue weighted by molar-refractivity contribution is 0.628. The van der Waals surface area contributed by atoms with Crippen molar-refractivity contribution in [2.75, 3.05) is 5.73 Å². The molecule has 0 fully saturated rings. The Morgan fingerprint density at radius 1 is 1.20 bits per heavy atom. The van der Waals surface area contributed by atoms with Crippen molar-refractivity contribution in [1.29, 1.82) is 0 Å². The van der Waals surface area contributed by atoms with Gasteiger partial charge in [0.1, 0.15) is 5.82 Å². The van der Waals surface area contributed by atoms with Crippen LogP contribution in [0.25, 0.3) is 11.0 Å². The van der Waals surface area contributed by atoms with Gasteiger partial charge in [0.25, 0.3) is 0 Å². The highest BCUT2D eigenvalue weighted by molar-refractivity contribution is 6.31. The van der Waals surface area contributed by atoms with Gasteiger partial charge in [-0.2, -0.15) is 0 Å². The lowest BCUT2D eigenvalue weighted by Crippen LogP contribution is -2.05. The molecule has 3 rings (SSSR count). The average molecular weight is 290 g/mol. The molecule has 0 aliphatic carbocycles. The normalized spacial score (nSPS) is 11.1. The summed E-state index contributed by atoms with van der Waals surface area (Å²) in [6.45, 7) is 0.646. The second-order valence-electron chi connectivity index (χ2n) is 4.61. The Morgan fingerprint density at radius 3 is 2.70 bits per heavy atom. The fraction of sp³-hybridized carbons (Fsp3) is 0.133. The topological polar surface area (TPSA) is 43.8 Å². The van der Waals surface area contributed by atoms with E-state index in [0.717, 1.165) is 6.42 Å². The average Bonchev–Trinajstić information content (AvgIpc) is 2.73. The summed E-state index contributed by atoms with van der Waals surface area (Å²) in [5.41, 5.74) is 8.38. The Labute approximate surface area is 120 Å². The van der Waals surface area contributed by atoms with Crippen molar-refractivity contribution in [3.63, 3.8) is 0 Å². The molecule has 0 radical (unpaired) electrons. The zero-order valence-corrected chi connectivity index (χ0v) is 11.4. The Bertz CT molecular complexity index is 753. The third-order valence-electron chi connectivity index (χ3n) is 3.29. The zero-order chi connectivity index (χ0) is 14.1. The van der Waals surface area contributed by atoms with E-state index in [-0.39, 0.29) is 5.02 Å². The summed E-state index contributed by atoms with van der Waals surface area (Å²) in [4.78, 5) is 4.22. The van der Waals surface area contributed by atoms with Crippen LogP contribution in [0.3, 0.4) is 0 Å². The molecule has 0 saturated heterocycles. The van der Waals surface area contributed by atoms with Crippen molar-refractivity contribution in [3.8, 4) is 0 Å². The highest BCUT2D eigenvalue weighted by Gasteiger charge is 2.11. The maximum absolute atomic E-state index is 13.6. The number of rotatable bonds is 3. The van der Waals surface area contributed by atoms with Crippen molar-refractivity contribution in [3.05, 3.63) is 58.9 Å². The quantitative estimate of drug-likeness (QED) is 0.800. The summed E-state index contributed by atoms with van der Waals surface area (Å²) < 4.78 is 15.4. The molecule has 0 atom stereocenters. The van der Waals surface area contributed by atoms with Gasteiger partial charge in [0, 0.05) is 12.6 Å². The molecular weight excluding hydrogens is 277 g/mol. The van der Waals surface area contributed by atoms with E-state index in [1.54, 1.807) is 0 Å². The third-order valence-corrected chi connectivity index (χ3v) is 3.58. The van der Waals surface area contributed by atoms with Gasteiger partial charge in [0.2, 0.25) is 5.95 Å². The number of anilines is 1. The SMILES string of the molecule is Nc1nc2cc(Cl)c(F)cc2n1CCc1ccccc1. The van der Waals surface area contributed by atoms with Gasteiger partial charge in [0.15, 0.2) is 0 Å². The Morgan fingerprint density at radius 2 is 1.95 bits per heavy atom. The maximum atomic E-state index is 13.6. The van der Waals surface area contributed by atoms with E-state index in [9.17, 15) is 4.39 Å². The first-order valence-corrected chi connectivity index (χ1v) is 6.67. The maximum Gasteiger partial charge on any atom is 0.201 e. The van der Waals surface area contributed by atoms with Gasteiger partial charge in [0.05, 0.1) is 16.1 Å². The first-order valence-electron chi connectivity index (χ1n) is 6.30. The number of nitrogen functional groups attached to an aromatic ring is 1. The van der Waals surface area contributed by atoms with Crippen LogP contribution in [0.4, 0.5) is 10.3 Å². The molecule has 1 heterocycles. The van der Waals surface area contributed by atoms with Crippen LogP contribution in [0.5, 0.6) is 0 Å². The Kier molecular flexibility index (Phi) is 3.32. The van der Waals surface area contributed by atoms with E-state index < -0.39 is 5.82 Å². The molecule has 0 unspecified atom stereocenters. The van der Waals surface area contributed by atoms with Gasteiger partial charge >= 0.3 is 0 Å². The number of hydrogen-bond donors (Lipinski definition) is 1. The van der Waals surface area contributed by atoms with Crippen LogP contribution in [0, 0.1) is 5.82 Å². The molecule has 0 aliphatic heterocycles. The summed E-state index contributed by atoms with van der Waals surface area (Å²) >= 11 is 5.76. The van der Waals surface area contributed by atoms with Crippen LogP contribution in [-0.4, -0.2) is 9.55 Å².